The third kappa shape index (κ3) is 2.87. The molecular weight excluding hydrogens is 302 g/mol. The summed E-state index contributed by atoms with van der Waals surface area (Å²) in [5.74, 6) is 0.866. The third-order valence-corrected chi connectivity index (χ3v) is 4.28. The average molecular weight is 323 g/mol. The van der Waals surface area contributed by atoms with E-state index in [0.29, 0.717) is 18.0 Å². The number of amides is 1. The molecule has 3 rings (SSSR count). The van der Waals surface area contributed by atoms with Crippen molar-refractivity contribution in [2.24, 2.45) is 0 Å². The molecule has 4 heteroatoms. The Hall–Kier alpha value is -2.75. The van der Waals surface area contributed by atoms with Crippen molar-refractivity contribution in [2.75, 3.05) is 11.9 Å². The first-order valence-corrected chi connectivity index (χ1v) is 8.04. The van der Waals surface area contributed by atoms with Gasteiger partial charge in [-0.3, -0.25) is 4.79 Å². The molecule has 0 saturated heterocycles. The molecule has 0 aliphatic carbocycles. The van der Waals surface area contributed by atoms with Gasteiger partial charge < -0.3 is 14.5 Å². The maximum Gasteiger partial charge on any atom is 0.291 e. The molecule has 0 bridgehead atoms. The minimum absolute atomic E-state index is 0.240. The van der Waals surface area contributed by atoms with Crippen LogP contribution in [0.15, 0.2) is 40.8 Å². The van der Waals surface area contributed by atoms with Gasteiger partial charge in [0.25, 0.3) is 5.91 Å². The first-order valence-electron chi connectivity index (χ1n) is 8.04. The Morgan fingerprint density at radius 2 is 1.92 bits per heavy atom. The first kappa shape index (κ1) is 16.1. The topological polar surface area (TPSA) is 51.5 Å². The van der Waals surface area contributed by atoms with Gasteiger partial charge in [0, 0.05) is 16.6 Å². The van der Waals surface area contributed by atoms with Crippen LogP contribution in [0, 0.1) is 20.8 Å². The van der Waals surface area contributed by atoms with Crippen LogP contribution in [0.25, 0.3) is 11.0 Å². The maximum atomic E-state index is 12.6. The zero-order chi connectivity index (χ0) is 17.3. The van der Waals surface area contributed by atoms with Gasteiger partial charge in [0.2, 0.25) is 0 Å². The van der Waals surface area contributed by atoms with Gasteiger partial charge >= 0.3 is 0 Å². The molecule has 0 saturated carbocycles. The van der Waals surface area contributed by atoms with E-state index < -0.39 is 0 Å². The lowest BCUT2D eigenvalue weighted by Crippen LogP contribution is -2.13. The fourth-order valence-corrected chi connectivity index (χ4v) is 2.74. The van der Waals surface area contributed by atoms with E-state index in [2.05, 4.69) is 5.32 Å². The van der Waals surface area contributed by atoms with E-state index in [1.54, 1.807) is 0 Å². The first-order chi connectivity index (χ1) is 11.5. The lowest BCUT2D eigenvalue weighted by atomic mass is 10.1. The Kier molecular flexibility index (Phi) is 4.30. The van der Waals surface area contributed by atoms with Crippen molar-refractivity contribution in [3.8, 4) is 5.75 Å². The van der Waals surface area contributed by atoms with Crippen LogP contribution in [-0.2, 0) is 0 Å². The summed E-state index contributed by atoms with van der Waals surface area (Å²) in [4.78, 5) is 12.6. The largest absolute Gasteiger partial charge is 0.494 e. The predicted molar refractivity (Wildman–Crippen MR) is 96.0 cm³/mol. The van der Waals surface area contributed by atoms with Crippen LogP contribution in [-0.4, -0.2) is 12.5 Å². The maximum absolute atomic E-state index is 12.6. The van der Waals surface area contributed by atoms with Crippen LogP contribution >= 0.6 is 0 Å². The van der Waals surface area contributed by atoms with Gasteiger partial charge in [0.15, 0.2) is 5.76 Å². The Balaban J connectivity index is 1.95. The van der Waals surface area contributed by atoms with E-state index in [1.165, 1.54) is 0 Å². The molecule has 0 radical (unpaired) electrons. The van der Waals surface area contributed by atoms with Crippen LogP contribution in [0.3, 0.4) is 0 Å². The van der Waals surface area contributed by atoms with Gasteiger partial charge in [-0.1, -0.05) is 12.1 Å². The van der Waals surface area contributed by atoms with Gasteiger partial charge in [-0.2, -0.15) is 0 Å². The van der Waals surface area contributed by atoms with Gasteiger partial charge in [-0.05, 0) is 63.1 Å². The molecule has 0 unspecified atom stereocenters. The number of aryl methyl sites for hydroxylation is 2. The second kappa shape index (κ2) is 6.40. The highest BCUT2D eigenvalue weighted by atomic mass is 16.5. The lowest BCUT2D eigenvalue weighted by molar-refractivity contribution is 0.0998. The number of fused-ring (bicyclic) bond motifs is 1. The molecule has 124 valence electrons. The molecular formula is C20H21NO3. The van der Waals surface area contributed by atoms with E-state index in [4.69, 9.17) is 9.15 Å². The summed E-state index contributed by atoms with van der Waals surface area (Å²) in [5, 5.41) is 3.84. The van der Waals surface area contributed by atoms with E-state index in [1.807, 2.05) is 64.1 Å². The van der Waals surface area contributed by atoms with Crippen molar-refractivity contribution >= 4 is 22.6 Å². The summed E-state index contributed by atoms with van der Waals surface area (Å²) in [6.45, 7) is 8.44. The summed E-state index contributed by atoms with van der Waals surface area (Å²) in [6.07, 6.45) is 0. The zero-order valence-corrected chi connectivity index (χ0v) is 14.4. The van der Waals surface area contributed by atoms with Gasteiger partial charge in [-0.15, -0.1) is 0 Å². The van der Waals surface area contributed by atoms with E-state index in [-0.39, 0.29) is 5.91 Å². The second-order valence-corrected chi connectivity index (χ2v) is 5.85. The number of ether oxygens (including phenoxy) is 1. The van der Waals surface area contributed by atoms with Crippen LogP contribution < -0.4 is 10.1 Å². The normalized spacial score (nSPS) is 10.8. The van der Waals surface area contributed by atoms with E-state index >= 15 is 0 Å². The molecule has 1 heterocycles. The summed E-state index contributed by atoms with van der Waals surface area (Å²) in [6, 6.07) is 11.4. The molecule has 3 aromatic rings. The van der Waals surface area contributed by atoms with Crippen molar-refractivity contribution in [2.45, 2.75) is 27.7 Å². The molecule has 0 aliphatic rings. The van der Waals surface area contributed by atoms with Crippen LogP contribution in [0.1, 0.15) is 34.2 Å². The summed E-state index contributed by atoms with van der Waals surface area (Å²) in [5.41, 5.74) is 4.49. The number of carbonyl (C=O) groups excluding carboxylic acids is 1. The highest BCUT2D eigenvalue weighted by Gasteiger charge is 2.19. The molecule has 0 atom stereocenters. The number of hydrogen-bond acceptors (Lipinski definition) is 3. The molecule has 0 aliphatic heterocycles. The predicted octanol–water partition coefficient (Wildman–Crippen LogP) is 5.01. The molecule has 1 N–H and O–H groups in total. The smallest absolute Gasteiger partial charge is 0.291 e. The van der Waals surface area contributed by atoms with Crippen LogP contribution in [0.5, 0.6) is 5.75 Å². The summed E-state index contributed by atoms with van der Waals surface area (Å²) in [7, 11) is 0. The van der Waals surface area contributed by atoms with Crippen molar-refractivity contribution in [3.05, 3.63) is 58.8 Å². The Morgan fingerprint density at radius 3 is 2.67 bits per heavy atom. The van der Waals surface area contributed by atoms with Gasteiger partial charge in [0.05, 0.1) is 6.61 Å². The molecule has 2 aromatic carbocycles. The van der Waals surface area contributed by atoms with Crippen molar-refractivity contribution in [1.82, 2.24) is 0 Å². The molecule has 1 amide bonds. The molecule has 0 fully saturated rings. The Labute approximate surface area is 141 Å². The van der Waals surface area contributed by atoms with Gasteiger partial charge in [-0.25, -0.2) is 0 Å². The fourth-order valence-electron chi connectivity index (χ4n) is 2.74. The Bertz CT molecular complexity index is 909. The standard InChI is InChI=1S/C20H21NO3/c1-5-23-15-9-10-18-16(11-15)14(4)19(24-18)20(22)21-17-8-6-7-12(2)13(17)3/h6-11H,5H2,1-4H3,(H,21,22). The van der Waals surface area contributed by atoms with Gasteiger partial charge in [0.1, 0.15) is 11.3 Å². The number of hydrogen-bond donors (Lipinski definition) is 1. The average Bonchev–Trinajstić information content (AvgIpc) is 2.89. The summed E-state index contributed by atoms with van der Waals surface area (Å²) >= 11 is 0. The zero-order valence-electron chi connectivity index (χ0n) is 14.4. The highest BCUT2D eigenvalue weighted by molar-refractivity contribution is 6.06. The highest BCUT2D eigenvalue weighted by Crippen LogP contribution is 2.29. The number of furan rings is 1. The minimum Gasteiger partial charge on any atom is -0.494 e. The SMILES string of the molecule is CCOc1ccc2oc(C(=O)Nc3cccc(C)c3C)c(C)c2c1. The fraction of sp³-hybridized carbons (Fsp3) is 0.250. The summed E-state index contributed by atoms with van der Waals surface area (Å²) < 4.78 is 11.3. The van der Waals surface area contributed by atoms with Crippen LogP contribution in [0.2, 0.25) is 0 Å². The van der Waals surface area contributed by atoms with Crippen molar-refractivity contribution in [1.29, 1.82) is 0 Å². The number of rotatable bonds is 4. The second-order valence-electron chi connectivity index (χ2n) is 5.85. The number of anilines is 1. The number of benzene rings is 2. The quantitative estimate of drug-likeness (QED) is 0.734. The molecule has 0 spiro atoms. The van der Waals surface area contributed by atoms with Crippen molar-refractivity contribution < 1.29 is 13.9 Å². The third-order valence-electron chi connectivity index (χ3n) is 4.28. The van der Waals surface area contributed by atoms with Crippen molar-refractivity contribution in [3.63, 3.8) is 0 Å². The molecule has 24 heavy (non-hydrogen) atoms. The number of carbonyl (C=O) groups is 1. The number of nitrogens with one attached hydrogen (secondary N) is 1. The van der Waals surface area contributed by atoms with Crippen LogP contribution in [0.4, 0.5) is 5.69 Å². The lowest BCUT2D eigenvalue weighted by Gasteiger charge is -2.09. The molecule has 4 nitrogen and oxygen atoms in total. The monoisotopic (exact) mass is 323 g/mol. The molecule has 1 aromatic heterocycles. The van der Waals surface area contributed by atoms with E-state index in [0.717, 1.165) is 33.5 Å². The Morgan fingerprint density at radius 1 is 1.12 bits per heavy atom. The minimum atomic E-state index is -0.240. The van der Waals surface area contributed by atoms with E-state index in [9.17, 15) is 4.79 Å².